The van der Waals surface area contributed by atoms with Crippen molar-refractivity contribution in [2.75, 3.05) is 23.7 Å². The van der Waals surface area contributed by atoms with Crippen molar-refractivity contribution < 1.29 is 4.52 Å². The first-order chi connectivity index (χ1) is 9.31. The molecule has 5 heteroatoms. The van der Waals surface area contributed by atoms with Crippen LogP contribution < -0.4 is 10.6 Å². The molecule has 98 valence electrons. The molecule has 1 aliphatic heterocycles. The summed E-state index contributed by atoms with van der Waals surface area (Å²) in [6, 6.07) is 7.65. The van der Waals surface area contributed by atoms with Crippen LogP contribution in [0.3, 0.4) is 0 Å². The zero-order valence-corrected chi connectivity index (χ0v) is 10.6. The summed E-state index contributed by atoms with van der Waals surface area (Å²) < 4.78 is 5.21. The van der Waals surface area contributed by atoms with Crippen LogP contribution in [0.15, 0.2) is 28.8 Å². The van der Waals surface area contributed by atoms with Gasteiger partial charge in [0.05, 0.1) is 0 Å². The average Bonchev–Trinajstić information content (AvgIpc) is 3.07. The largest absolute Gasteiger partial charge is 0.399 e. The molecule has 0 spiro atoms. The molecule has 0 bridgehead atoms. The van der Waals surface area contributed by atoms with E-state index in [-0.39, 0.29) is 0 Å². The highest BCUT2D eigenvalue weighted by Crippen LogP contribution is 2.17. The molecule has 1 aromatic heterocycles. The number of aromatic nitrogens is 2. The third-order valence-electron chi connectivity index (χ3n) is 3.15. The van der Waals surface area contributed by atoms with Crippen molar-refractivity contribution in [2.24, 2.45) is 0 Å². The van der Waals surface area contributed by atoms with Gasteiger partial charge in [0.1, 0.15) is 0 Å². The first kappa shape index (κ1) is 11.8. The second kappa shape index (κ2) is 5.14. The monoisotopic (exact) mass is 256 g/mol. The summed E-state index contributed by atoms with van der Waals surface area (Å²) in [5.41, 5.74) is 7.48. The number of anilines is 2. The Morgan fingerprint density at radius 2 is 2.05 bits per heavy atom. The van der Waals surface area contributed by atoms with Crippen LogP contribution in [0.1, 0.15) is 24.3 Å². The first-order valence-electron chi connectivity index (χ1n) is 6.43. The molecule has 0 saturated carbocycles. The van der Waals surface area contributed by atoms with E-state index in [4.69, 9.17) is 10.3 Å². The van der Waals surface area contributed by atoms with E-state index in [0.717, 1.165) is 24.3 Å². The molecule has 19 heavy (non-hydrogen) atoms. The lowest BCUT2D eigenvalue weighted by Crippen LogP contribution is -2.18. The third kappa shape index (κ3) is 2.76. The van der Waals surface area contributed by atoms with Crippen LogP contribution in [0.5, 0.6) is 0 Å². The standard InChI is InChI=1S/C14H16N4O/c15-12-5-3-4-11(10-12)6-7-13-16-14(17-19-13)18-8-1-2-9-18/h3-7,10H,1-2,8-9,15H2/b7-6+. The summed E-state index contributed by atoms with van der Waals surface area (Å²) in [7, 11) is 0. The van der Waals surface area contributed by atoms with Crippen molar-refractivity contribution >= 4 is 23.8 Å². The fourth-order valence-corrected chi connectivity index (χ4v) is 2.17. The van der Waals surface area contributed by atoms with Gasteiger partial charge in [-0.25, -0.2) is 0 Å². The van der Waals surface area contributed by atoms with Gasteiger partial charge >= 0.3 is 0 Å². The number of hydrogen-bond acceptors (Lipinski definition) is 5. The number of nitrogen functional groups attached to an aromatic ring is 1. The van der Waals surface area contributed by atoms with Crippen LogP contribution >= 0.6 is 0 Å². The summed E-state index contributed by atoms with van der Waals surface area (Å²) in [5.74, 6) is 1.20. The molecule has 3 rings (SSSR count). The Balaban J connectivity index is 1.73. The Morgan fingerprint density at radius 1 is 1.21 bits per heavy atom. The number of nitrogens with two attached hydrogens (primary N) is 1. The Bertz CT molecular complexity index is 585. The summed E-state index contributed by atoms with van der Waals surface area (Å²) in [5, 5.41) is 3.99. The van der Waals surface area contributed by atoms with E-state index >= 15 is 0 Å². The van der Waals surface area contributed by atoms with E-state index in [1.807, 2.05) is 30.3 Å². The Labute approximate surface area is 111 Å². The van der Waals surface area contributed by atoms with Crippen molar-refractivity contribution in [1.29, 1.82) is 0 Å². The number of nitrogens with zero attached hydrogens (tertiary/aromatic N) is 3. The molecular formula is C14H16N4O. The van der Waals surface area contributed by atoms with Gasteiger partial charge in [-0.1, -0.05) is 12.1 Å². The molecule has 5 nitrogen and oxygen atoms in total. The minimum absolute atomic E-state index is 0.518. The van der Waals surface area contributed by atoms with E-state index in [0.29, 0.717) is 11.8 Å². The quantitative estimate of drug-likeness (QED) is 0.854. The van der Waals surface area contributed by atoms with Gasteiger partial charge in [-0.2, -0.15) is 4.98 Å². The van der Waals surface area contributed by atoms with Gasteiger partial charge in [-0.05, 0) is 41.8 Å². The Morgan fingerprint density at radius 3 is 2.84 bits per heavy atom. The second-order valence-corrected chi connectivity index (χ2v) is 4.63. The summed E-state index contributed by atoms with van der Waals surface area (Å²) in [4.78, 5) is 6.50. The lowest BCUT2D eigenvalue weighted by molar-refractivity contribution is 0.409. The van der Waals surface area contributed by atoms with Gasteiger partial charge in [0.15, 0.2) is 0 Å². The van der Waals surface area contributed by atoms with Crippen LogP contribution in [-0.4, -0.2) is 23.2 Å². The molecule has 0 atom stereocenters. The van der Waals surface area contributed by atoms with Crippen molar-refractivity contribution in [2.45, 2.75) is 12.8 Å². The lowest BCUT2D eigenvalue weighted by atomic mass is 10.2. The van der Waals surface area contributed by atoms with Gasteiger partial charge in [-0.3, -0.25) is 0 Å². The van der Waals surface area contributed by atoms with E-state index in [1.54, 1.807) is 6.08 Å². The van der Waals surface area contributed by atoms with E-state index in [2.05, 4.69) is 15.0 Å². The first-order valence-corrected chi connectivity index (χ1v) is 6.43. The maximum Gasteiger partial charge on any atom is 0.266 e. The van der Waals surface area contributed by atoms with Crippen LogP contribution in [0, 0.1) is 0 Å². The highest BCUT2D eigenvalue weighted by atomic mass is 16.5. The van der Waals surface area contributed by atoms with Crippen molar-refractivity contribution in [3.8, 4) is 0 Å². The molecule has 0 unspecified atom stereocenters. The molecule has 1 fully saturated rings. The number of rotatable bonds is 3. The van der Waals surface area contributed by atoms with Gasteiger partial charge in [0, 0.05) is 24.9 Å². The average molecular weight is 256 g/mol. The van der Waals surface area contributed by atoms with E-state index in [1.165, 1.54) is 12.8 Å². The van der Waals surface area contributed by atoms with Crippen molar-refractivity contribution in [3.63, 3.8) is 0 Å². The number of hydrogen-bond donors (Lipinski definition) is 1. The molecule has 0 amide bonds. The zero-order chi connectivity index (χ0) is 13.1. The Kier molecular flexibility index (Phi) is 3.18. The highest BCUT2D eigenvalue weighted by Gasteiger charge is 2.16. The lowest BCUT2D eigenvalue weighted by Gasteiger charge is -2.09. The molecule has 1 aromatic carbocycles. The minimum Gasteiger partial charge on any atom is -0.399 e. The minimum atomic E-state index is 0.518. The van der Waals surface area contributed by atoms with Crippen LogP contribution in [0.2, 0.25) is 0 Å². The molecule has 1 saturated heterocycles. The molecule has 2 heterocycles. The molecular weight excluding hydrogens is 240 g/mol. The third-order valence-corrected chi connectivity index (χ3v) is 3.15. The van der Waals surface area contributed by atoms with E-state index in [9.17, 15) is 0 Å². The maximum absolute atomic E-state index is 5.72. The topological polar surface area (TPSA) is 68.2 Å². The predicted molar refractivity (Wildman–Crippen MR) is 75.5 cm³/mol. The van der Waals surface area contributed by atoms with Crippen molar-refractivity contribution in [3.05, 3.63) is 35.7 Å². The smallest absolute Gasteiger partial charge is 0.266 e. The van der Waals surface area contributed by atoms with Crippen molar-refractivity contribution in [1.82, 2.24) is 10.1 Å². The van der Waals surface area contributed by atoms with Gasteiger partial charge in [-0.15, -0.1) is 0 Å². The van der Waals surface area contributed by atoms with Crippen LogP contribution in [0.25, 0.3) is 12.2 Å². The molecule has 0 aliphatic carbocycles. The summed E-state index contributed by atoms with van der Waals surface area (Å²) >= 11 is 0. The molecule has 2 aromatic rings. The molecule has 1 aliphatic rings. The fraction of sp³-hybridized carbons (Fsp3) is 0.286. The van der Waals surface area contributed by atoms with Gasteiger partial charge < -0.3 is 15.2 Å². The van der Waals surface area contributed by atoms with E-state index < -0.39 is 0 Å². The van der Waals surface area contributed by atoms with Gasteiger partial charge in [0.2, 0.25) is 0 Å². The normalized spacial score (nSPS) is 15.5. The summed E-state index contributed by atoms with van der Waals surface area (Å²) in [6.45, 7) is 2.02. The molecule has 0 radical (unpaired) electrons. The highest BCUT2D eigenvalue weighted by molar-refractivity contribution is 5.68. The predicted octanol–water partition coefficient (Wildman–Crippen LogP) is 2.42. The SMILES string of the molecule is Nc1cccc(/C=C/c2nc(N3CCCC3)no2)c1. The molecule has 2 N–H and O–H groups in total. The van der Waals surface area contributed by atoms with Crippen LogP contribution in [0.4, 0.5) is 11.6 Å². The maximum atomic E-state index is 5.72. The summed E-state index contributed by atoms with van der Waals surface area (Å²) in [6.07, 6.45) is 6.12. The fourth-order valence-electron chi connectivity index (χ4n) is 2.17. The zero-order valence-electron chi connectivity index (χ0n) is 10.6. The van der Waals surface area contributed by atoms with Gasteiger partial charge in [0.25, 0.3) is 11.8 Å². The second-order valence-electron chi connectivity index (χ2n) is 4.63. The Hall–Kier alpha value is -2.30. The number of benzene rings is 1. The van der Waals surface area contributed by atoms with Crippen LogP contribution in [-0.2, 0) is 0 Å².